The molecule has 0 fully saturated rings. The van der Waals surface area contributed by atoms with Gasteiger partial charge in [0.1, 0.15) is 5.75 Å². The summed E-state index contributed by atoms with van der Waals surface area (Å²) in [5.74, 6) is 0.0788. The van der Waals surface area contributed by atoms with Crippen LogP contribution < -0.4 is 5.32 Å². The molecule has 2 heterocycles. The van der Waals surface area contributed by atoms with Gasteiger partial charge in [0.05, 0.1) is 11.1 Å². The van der Waals surface area contributed by atoms with E-state index in [-0.39, 0.29) is 16.8 Å². The number of benzene rings is 2. The zero-order valence-electron chi connectivity index (χ0n) is 11.7. The van der Waals surface area contributed by atoms with E-state index in [9.17, 15) is 5.11 Å². The van der Waals surface area contributed by atoms with E-state index < -0.39 is 0 Å². The highest BCUT2D eigenvalue weighted by Gasteiger charge is 2.27. The van der Waals surface area contributed by atoms with Gasteiger partial charge in [0.25, 0.3) is 0 Å². The molecule has 3 nitrogen and oxygen atoms in total. The van der Waals surface area contributed by atoms with E-state index in [1.165, 1.54) is 10.9 Å². The van der Waals surface area contributed by atoms with E-state index in [1.807, 2.05) is 12.1 Å². The van der Waals surface area contributed by atoms with E-state index in [4.69, 9.17) is 23.2 Å². The third-order valence-corrected chi connectivity index (χ3v) is 4.73. The zero-order chi connectivity index (χ0) is 15.3. The van der Waals surface area contributed by atoms with Crippen LogP contribution in [0.4, 0.5) is 0 Å². The molecule has 3 N–H and O–H groups in total. The van der Waals surface area contributed by atoms with Crippen LogP contribution in [0.25, 0.3) is 10.9 Å². The third-order valence-electron chi connectivity index (χ3n) is 4.23. The van der Waals surface area contributed by atoms with Gasteiger partial charge in [-0.1, -0.05) is 41.4 Å². The molecule has 0 aliphatic carbocycles. The van der Waals surface area contributed by atoms with Gasteiger partial charge in [0, 0.05) is 33.7 Å². The molecule has 1 atom stereocenters. The van der Waals surface area contributed by atoms with Crippen LogP contribution >= 0.6 is 23.2 Å². The number of aromatic amines is 1. The average Bonchev–Trinajstić information content (AvgIpc) is 2.89. The molecule has 4 rings (SSSR count). The minimum atomic E-state index is -0.146. The second-order valence-electron chi connectivity index (χ2n) is 5.53. The van der Waals surface area contributed by atoms with Crippen LogP contribution in [0, 0.1) is 0 Å². The number of nitrogens with one attached hydrogen (secondary N) is 2. The highest BCUT2D eigenvalue weighted by molar-refractivity contribution is 6.35. The Bertz CT molecular complexity index is 872. The maximum Gasteiger partial charge on any atom is 0.139 e. The molecule has 3 aromatic rings. The van der Waals surface area contributed by atoms with E-state index in [2.05, 4.69) is 22.4 Å². The van der Waals surface area contributed by atoms with Crippen LogP contribution in [-0.2, 0) is 6.42 Å². The number of hydrogen-bond donors (Lipinski definition) is 3. The Labute approximate surface area is 137 Å². The van der Waals surface area contributed by atoms with Crippen molar-refractivity contribution >= 4 is 34.1 Å². The minimum absolute atomic E-state index is 0.0788. The maximum absolute atomic E-state index is 10.3. The van der Waals surface area contributed by atoms with Crippen LogP contribution in [0.1, 0.15) is 22.9 Å². The van der Waals surface area contributed by atoms with Crippen molar-refractivity contribution in [1.82, 2.24) is 10.3 Å². The number of halogens is 2. The third kappa shape index (κ3) is 2.09. The molecular formula is C17H14Cl2N2O. The maximum atomic E-state index is 10.3. The number of rotatable bonds is 1. The summed E-state index contributed by atoms with van der Waals surface area (Å²) in [6.45, 7) is 0.836. The average molecular weight is 333 g/mol. The SMILES string of the molecule is Oc1c(Cl)cc(Cl)cc1[C@@H]1NCCc2c1[nH]c1ccccc21. The van der Waals surface area contributed by atoms with Crippen molar-refractivity contribution in [2.75, 3.05) is 6.54 Å². The smallest absolute Gasteiger partial charge is 0.139 e. The van der Waals surface area contributed by atoms with E-state index in [0.717, 1.165) is 24.2 Å². The summed E-state index contributed by atoms with van der Waals surface area (Å²) in [7, 11) is 0. The molecule has 1 aliphatic heterocycles. The Balaban J connectivity index is 1.93. The second-order valence-corrected chi connectivity index (χ2v) is 6.37. The highest BCUT2D eigenvalue weighted by atomic mass is 35.5. The minimum Gasteiger partial charge on any atom is -0.506 e. The van der Waals surface area contributed by atoms with Crippen molar-refractivity contribution < 1.29 is 5.11 Å². The lowest BCUT2D eigenvalue weighted by molar-refractivity contribution is 0.453. The summed E-state index contributed by atoms with van der Waals surface area (Å²) >= 11 is 12.2. The van der Waals surface area contributed by atoms with Crippen LogP contribution in [0.2, 0.25) is 10.0 Å². The first-order chi connectivity index (χ1) is 10.6. The largest absolute Gasteiger partial charge is 0.506 e. The summed E-state index contributed by atoms with van der Waals surface area (Å²) in [6, 6.07) is 11.4. The number of phenolic OH excluding ortho intramolecular Hbond substituents is 1. The van der Waals surface area contributed by atoms with E-state index in [1.54, 1.807) is 12.1 Å². The fourth-order valence-electron chi connectivity index (χ4n) is 3.25. The summed E-state index contributed by atoms with van der Waals surface area (Å²) < 4.78 is 0. The molecule has 0 bridgehead atoms. The number of aromatic nitrogens is 1. The molecule has 2 aromatic carbocycles. The Morgan fingerprint density at radius 2 is 1.95 bits per heavy atom. The van der Waals surface area contributed by atoms with Crippen LogP contribution in [0.15, 0.2) is 36.4 Å². The molecule has 0 saturated carbocycles. The van der Waals surface area contributed by atoms with E-state index in [0.29, 0.717) is 10.6 Å². The lowest BCUT2D eigenvalue weighted by atomic mass is 9.94. The molecule has 0 unspecified atom stereocenters. The van der Waals surface area contributed by atoms with Gasteiger partial charge in [-0.25, -0.2) is 0 Å². The molecule has 1 aliphatic rings. The van der Waals surface area contributed by atoms with Gasteiger partial charge in [-0.2, -0.15) is 0 Å². The quantitative estimate of drug-likeness (QED) is 0.618. The molecule has 22 heavy (non-hydrogen) atoms. The van der Waals surface area contributed by atoms with Crippen molar-refractivity contribution in [3.8, 4) is 5.75 Å². The summed E-state index contributed by atoms with van der Waals surface area (Å²) in [4.78, 5) is 3.47. The second kappa shape index (κ2) is 5.20. The fourth-order valence-corrected chi connectivity index (χ4v) is 3.76. The Morgan fingerprint density at radius 1 is 1.14 bits per heavy atom. The van der Waals surface area contributed by atoms with Crippen LogP contribution in [0.3, 0.4) is 0 Å². The van der Waals surface area contributed by atoms with Gasteiger partial charge >= 0.3 is 0 Å². The molecule has 0 amide bonds. The van der Waals surface area contributed by atoms with Crippen molar-refractivity contribution in [2.45, 2.75) is 12.5 Å². The molecule has 0 radical (unpaired) electrons. The first kappa shape index (κ1) is 13.9. The zero-order valence-corrected chi connectivity index (χ0v) is 13.2. The summed E-state index contributed by atoms with van der Waals surface area (Å²) in [5.41, 5.74) is 4.16. The topological polar surface area (TPSA) is 48.0 Å². The normalized spacial score (nSPS) is 17.6. The Kier molecular flexibility index (Phi) is 3.30. The van der Waals surface area contributed by atoms with Gasteiger partial charge in [-0.05, 0) is 30.2 Å². The predicted molar refractivity (Wildman–Crippen MR) is 90.0 cm³/mol. The number of para-hydroxylation sites is 1. The molecule has 5 heteroatoms. The van der Waals surface area contributed by atoms with Crippen LogP contribution in [-0.4, -0.2) is 16.6 Å². The Hall–Kier alpha value is -1.68. The van der Waals surface area contributed by atoms with Crippen molar-refractivity contribution in [2.24, 2.45) is 0 Å². The monoisotopic (exact) mass is 332 g/mol. The lowest BCUT2D eigenvalue weighted by Gasteiger charge is -2.26. The first-order valence-corrected chi connectivity index (χ1v) is 7.91. The molecule has 1 aromatic heterocycles. The van der Waals surface area contributed by atoms with Crippen molar-refractivity contribution in [3.05, 3.63) is 63.3 Å². The van der Waals surface area contributed by atoms with Gasteiger partial charge < -0.3 is 15.4 Å². The van der Waals surface area contributed by atoms with Crippen LogP contribution in [0.5, 0.6) is 5.75 Å². The number of hydrogen-bond acceptors (Lipinski definition) is 2. The Morgan fingerprint density at radius 3 is 2.82 bits per heavy atom. The van der Waals surface area contributed by atoms with E-state index >= 15 is 0 Å². The number of phenols is 1. The fraction of sp³-hybridized carbons (Fsp3) is 0.176. The van der Waals surface area contributed by atoms with Crippen molar-refractivity contribution in [3.63, 3.8) is 0 Å². The lowest BCUT2D eigenvalue weighted by Crippen LogP contribution is -2.30. The summed E-state index contributed by atoms with van der Waals surface area (Å²) in [6.07, 6.45) is 0.949. The van der Waals surface area contributed by atoms with Gasteiger partial charge in [-0.15, -0.1) is 0 Å². The van der Waals surface area contributed by atoms with Crippen molar-refractivity contribution in [1.29, 1.82) is 0 Å². The molecule has 112 valence electrons. The summed E-state index contributed by atoms with van der Waals surface area (Å²) in [5, 5.41) is 15.8. The molecule has 0 saturated heterocycles. The standard InChI is InChI=1S/C17H14Cl2N2O/c18-9-7-12(17(22)13(19)8-9)15-16-11(5-6-20-15)10-3-1-2-4-14(10)21-16/h1-4,7-8,15,20-22H,5-6H2/t15-/m0/s1. The van der Waals surface area contributed by atoms with Gasteiger partial charge in [-0.3, -0.25) is 0 Å². The van der Waals surface area contributed by atoms with Gasteiger partial charge in [0.15, 0.2) is 0 Å². The van der Waals surface area contributed by atoms with Gasteiger partial charge in [0.2, 0.25) is 0 Å². The molecular weight excluding hydrogens is 319 g/mol. The number of aromatic hydroxyl groups is 1. The molecule has 0 spiro atoms. The number of H-pyrrole nitrogens is 1. The highest BCUT2D eigenvalue weighted by Crippen LogP contribution is 2.40. The number of fused-ring (bicyclic) bond motifs is 3. The predicted octanol–water partition coefficient (Wildman–Crippen LogP) is 4.42. The first-order valence-electron chi connectivity index (χ1n) is 7.16.